The summed E-state index contributed by atoms with van der Waals surface area (Å²) in [5.41, 5.74) is 1.48. The van der Waals surface area contributed by atoms with E-state index >= 15 is 0 Å². The second kappa shape index (κ2) is 11.4. The summed E-state index contributed by atoms with van der Waals surface area (Å²) in [6, 6.07) is 0. The molecule has 10 heavy (non-hydrogen) atoms. The van der Waals surface area contributed by atoms with Crippen molar-refractivity contribution in [3.63, 3.8) is 0 Å². The van der Waals surface area contributed by atoms with Crippen LogP contribution in [0.1, 0.15) is 27.7 Å². The SMILES string of the molecule is CC.CC(C)/C=C\NC=S. The van der Waals surface area contributed by atoms with Crippen LogP contribution in [0.4, 0.5) is 0 Å². The summed E-state index contributed by atoms with van der Waals surface area (Å²) in [6.07, 6.45) is 3.89. The summed E-state index contributed by atoms with van der Waals surface area (Å²) in [7, 11) is 0. The smallest absolute Gasteiger partial charge is 0.0654 e. The number of thiocarbonyl (C=S) groups is 1. The van der Waals surface area contributed by atoms with Crippen LogP contribution in [0.2, 0.25) is 0 Å². The Hall–Kier alpha value is -0.370. The topological polar surface area (TPSA) is 12.0 Å². The van der Waals surface area contributed by atoms with Crippen LogP contribution in [-0.2, 0) is 0 Å². The molecule has 0 aliphatic rings. The van der Waals surface area contributed by atoms with Gasteiger partial charge in [-0.25, -0.2) is 0 Å². The molecular formula is C8H17NS. The number of hydrogen-bond donors (Lipinski definition) is 1. The van der Waals surface area contributed by atoms with Crippen molar-refractivity contribution in [3.05, 3.63) is 12.3 Å². The first-order chi connectivity index (χ1) is 4.77. The fraction of sp³-hybridized carbons (Fsp3) is 0.625. The van der Waals surface area contributed by atoms with Gasteiger partial charge in [0.05, 0.1) is 5.49 Å². The molecule has 0 aromatic carbocycles. The third-order valence-electron chi connectivity index (χ3n) is 0.645. The molecule has 0 aliphatic heterocycles. The Morgan fingerprint density at radius 2 is 1.80 bits per heavy atom. The molecule has 0 fully saturated rings. The molecule has 0 amide bonds. The minimum Gasteiger partial charge on any atom is -0.359 e. The molecule has 0 aromatic heterocycles. The molecule has 1 nitrogen and oxygen atoms in total. The Balaban J connectivity index is 0. The first-order valence-electron chi connectivity index (χ1n) is 3.63. The maximum absolute atomic E-state index is 4.52. The van der Waals surface area contributed by atoms with Crippen molar-refractivity contribution in [3.8, 4) is 0 Å². The second-order valence-corrected chi connectivity index (χ2v) is 2.12. The van der Waals surface area contributed by atoms with Crippen LogP contribution in [0.3, 0.4) is 0 Å². The van der Waals surface area contributed by atoms with E-state index in [2.05, 4.69) is 31.4 Å². The molecule has 0 saturated carbocycles. The summed E-state index contributed by atoms with van der Waals surface area (Å²) in [5, 5.41) is 2.79. The quantitative estimate of drug-likeness (QED) is 0.635. The van der Waals surface area contributed by atoms with Crippen LogP contribution in [0.25, 0.3) is 0 Å². The van der Waals surface area contributed by atoms with Crippen molar-refractivity contribution in [1.82, 2.24) is 5.32 Å². The van der Waals surface area contributed by atoms with E-state index in [0.717, 1.165) is 0 Å². The third kappa shape index (κ3) is 15.6. The summed E-state index contributed by atoms with van der Waals surface area (Å²) < 4.78 is 0. The zero-order valence-electron chi connectivity index (χ0n) is 7.22. The average molecular weight is 159 g/mol. The van der Waals surface area contributed by atoms with E-state index in [9.17, 15) is 0 Å². The van der Waals surface area contributed by atoms with E-state index in [-0.39, 0.29) is 0 Å². The van der Waals surface area contributed by atoms with Gasteiger partial charge in [0.15, 0.2) is 0 Å². The number of nitrogens with one attached hydrogen (secondary N) is 1. The lowest BCUT2D eigenvalue weighted by Gasteiger charge is -1.90. The number of hydrogen-bond acceptors (Lipinski definition) is 1. The van der Waals surface area contributed by atoms with E-state index in [4.69, 9.17) is 0 Å². The zero-order chi connectivity index (χ0) is 8.41. The van der Waals surface area contributed by atoms with Crippen LogP contribution in [0, 0.1) is 5.92 Å². The molecule has 2 heteroatoms. The van der Waals surface area contributed by atoms with E-state index in [1.165, 1.54) is 5.49 Å². The van der Waals surface area contributed by atoms with Gasteiger partial charge in [0.2, 0.25) is 0 Å². The second-order valence-electron chi connectivity index (χ2n) is 1.89. The molecule has 0 aromatic rings. The summed E-state index contributed by atoms with van der Waals surface area (Å²) in [6.45, 7) is 8.23. The molecular weight excluding hydrogens is 142 g/mol. The van der Waals surface area contributed by atoms with Crippen molar-refractivity contribution in [2.45, 2.75) is 27.7 Å². The maximum atomic E-state index is 4.52. The average Bonchev–Trinajstić information content (AvgIpc) is 1.92. The highest BCUT2D eigenvalue weighted by molar-refractivity contribution is 7.78. The highest BCUT2D eigenvalue weighted by Crippen LogP contribution is 1.90. The van der Waals surface area contributed by atoms with E-state index in [0.29, 0.717) is 5.92 Å². The lowest BCUT2D eigenvalue weighted by atomic mass is 10.2. The predicted molar refractivity (Wildman–Crippen MR) is 52.1 cm³/mol. The van der Waals surface area contributed by atoms with Gasteiger partial charge >= 0.3 is 0 Å². The summed E-state index contributed by atoms with van der Waals surface area (Å²) >= 11 is 4.52. The molecule has 0 aliphatic carbocycles. The fourth-order valence-electron chi connectivity index (χ4n) is 0.287. The van der Waals surface area contributed by atoms with Crippen molar-refractivity contribution in [1.29, 1.82) is 0 Å². The standard InChI is InChI=1S/C6H11NS.C2H6/c1-6(2)3-4-7-5-8;1-2/h3-6H,1-2H3,(H,7,8);1-2H3/b4-3-;. The Labute approximate surface area is 69.5 Å². The van der Waals surface area contributed by atoms with Gasteiger partial charge < -0.3 is 5.32 Å². The van der Waals surface area contributed by atoms with E-state index < -0.39 is 0 Å². The van der Waals surface area contributed by atoms with Crippen molar-refractivity contribution in [2.24, 2.45) is 5.92 Å². The molecule has 0 radical (unpaired) electrons. The van der Waals surface area contributed by atoms with Gasteiger partial charge in [-0.05, 0) is 12.1 Å². The summed E-state index contributed by atoms with van der Waals surface area (Å²) in [4.78, 5) is 0. The van der Waals surface area contributed by atoms with Crippen molar-refractivity contribution >= 4 is 17.7 Å². The first-order valence-corrected chi connectivity index (χ1v) is 4.11. The molecule has 0 saturated heterocycles. The lowest BCUT2D eigenvalue weighted by Crippen LogP contribution is -1.97. The Kier molecular flexibility index (Phi) is 14.1. The van der Waals surface area contributed by atoms with E-state index in [1.54, 1.807) is 0 Å². The molecule has 0 spiro atoms. The minimum atomic E-state index is 0.595. The van der Waals surface area contributed by atoms with Crippen molar-refractivity contribution in [2.75, 3.05) is 0 Å². The van der Waals surface area contributed by atoms with Gasteiger partial charge in [0, 0.05) is 0 Å². The molecule has 0 heterocycles. The third-order valence-corrected chi connectivity index (χ3v) is 0.781. The van der Waals surface area contributed by atoms with Gasteiger partial charge in [0.1, 0.15) is 0 Å². The Morgan fingerprint density at radius 1 is 1.30 bits per heavy atom. The Morgan fingerprint density at radius 3 is 2.10 bits per heavy atom. The monoisotopic (exact) mass is 159 g/mol. The van der Waals surface area contributed by atoms with Gasteiger partial charge in [-0.2, -0.15) is 0 Å². The highest BCUT2D eigenvalue weighted by Gasteiger charge is 1.78. The van der Waals surface area contributed by atoms with Gasteiger partial charge in [0.25, 0.3) is 0 Å². The molecule has 1 N–H and O–H groups in total. The largest absolute Gasteiger partial charge is 0.359 e. The molecule has 0 unspecified atom stereocenters. The van der Waals surface area contributed by atoms with Crippen molar-refractivity contribution < 1.29 is 0 Å². The van der Waals surface area contributed by atoms with Crippen LogP contribution in [-0.4, -0.2) is 5.49 Å². The molecule has 0 bridgehead atoms. The van der Waals surface area contributed by atoms with Gasteiger partial charge in [-0.3, -0.25) is 0 Å². The van der Waals surface area contributed by atoms with Gasteiger partial charge in [-0.15, -0.1) is 0 Å². The number of rotatable bonds is 3. The zero-order valence-corrected chi connectivity index (χ0v) is 8.03. The normalized spacial score (nSPS) is 8.90. The molecule has 0 atom stereocenters. The molecule has 60 valence electrons. The number of allylic oxidation sites excluding steroid dienone is 1. The van der Waals surface area contributed by atoms with E-state index in [1.807, 2.05) is 26.1 Å². The molecule has 0 rings (SSSR count). The van der Waals surface area contributed by atoms with Crippen LogP contribution < -0.4 is 5.32 Å². The summed E-state index contributed by atoms with van der Waals surface area (Å²) in [5.74, 6) is 0.595. The lowest BCUT2D eigenvalue weighted by molar-refractivity contribution is 0.826. The van der Waals surface area contributed by atoms with Crippen LogP contribution >= 0.6 is 12.2 Å². The minimum absolute atomic E-state index is 0.595. The fourth-order valence-corrected chi connectivity index (χ4v) is 0.366. The predicted octanol–water partition coefficient (Wildman–Crippen LogP) is 2.73. The Bertz CT molecular complexity index is 87.3. The van der Waals surface area contributed by atoms with Gasteiger partial charge in [-0.1, -0.05) is 46.0 Å². The first kappa shape index (κ1) is 12.3. The maximum Gasteiger partial charge on any atom is 0.0654 e. The van der Waals surface area contributed by atoms with Crippen LogP contribution in [0.15, 0.2) is 12.3 Å². The van der Waals surface area contributed by atoms with Crippen LogP contribution in [0.5, 0.6) is 0 Å². The highest BCUT2D eigenvalue weighted by atomic mass is 32.1.